The number of rotatable bonds is 3. The number of benzene rings is 1. The number of nitrogens with zero attached hydrogens (tertiary/aromatic N) is 3. The Balaban J connectivity index is 1.67. The summed E-state index contributed by atoms with van der Waals surface area (Å²) in [6.07, 6.45) is 6.27. The summed E-state index contributed by atoms with van der Waals surface area (Å²) in [6.45, 7) is 0.637. The summed E-state index contributed by atoms with van der Waals surface area (Å²) in [5.41, 5.74) is 4.93. The number of aromatic amines is 1. The summed E-state index contributed by atoms with van der Waals surface area (Å²) in [7, 11) is 0. The van der Waals surface area contributed by atoms with E-state index in [0.29, 0.717) is 12.1 Å². The van der Waals surface area contributed by atoms with Crippen LogP contribution in [0.1, 0.15) is 33.4 Å². The van der Waals surface area contributed by atoms with Crippen LogP contribution in [0.15, 0.2) is 72.0 Å². The molecule has 6 heteroatoms. The highest BCUT2D eigenvalue weighted by molar-refractivity contribution is 7.98. The summed E-state index contributed by atoms with van der Waals surface area (Å²) in [6, 6.07) is 17.6. The van der Waals surface area contributed by atoms with Gasteiger partial charge >= 0.3 is 0 Å². The Labute approximate surface area is 173 Å². The van der Waals surface area contributed by atoms with E-state index in [2.05, 4.69) is 33.2 Å². The molecule has 0 bridgehead atoms. The molecule has 1 amide bonds. The second-order valence-corrected chi connectivity index (χ2v) is 7.82. The molecule has 29 heavy (non-hydrogen) atoms. The van der Waals surface area contributed by atoms with E-state index in [-0.39, 0.29) is 11.9 Å². The molecule has 4 heterocycles. The molecule has 0 saturated carbocycles. The van der Waals surface area contributed by atoms with Crippen LogP contribution >= 0.6 is 11.8 Å². The van der Waals surface area contributed by atoms with Gasteiger partial charge in [-0.25, -0.2) is 4.98 Å². The highest BCUT2D eigenvalue weighted by Crippen LogP contribution is 2.38. The smallest absolute Gasteiger partial charge is 0.257 e. The van der Waals surface area contributed by atoms with E-state index >= 15 is 0 Å². The van der Waals surface area contributed by atoms with Crippen molar-refractivity contribution in [1.29, 1.82) is 0 Å². The van der Waals surface area contributed by atoms with E-state index in [9.17, 15) is 4.79 Å². The summed E-state index contributed by atoms with van der Waals surface area (Å²) in [4.78, 5) is 28.1. The van der Waals surface area contributed by atoms with E-state index < -0.39 is 0 Å². The predicted molar refractivity (Wildman–Crippen MR) is 115 cm³/mol. The highest BCUT2D eigenvalue weighted by atomic mass is 32.2. The molecule has 1 N–H and O–H groups in total. The molecule has 0 unspecified atom stereocenters. The third-order valence-corrected chi connectivity index (χ3v) is 6.17. The second-order valence-electron chi connectivity index (χ2n) is 7.03. The average molecular weight is 401 g/mol. The van der Waals surface area contributed by atoms with Crippen molar-refractivity contribution < 1.29 is 4.79 Å². The largest absolute Gasteiger partial charge is 0.356 e. The Morgan fingerprint density at radius 3 is 2.72 bits per heavy atom. The van der Waals surface area contributed by atoms with E-state index in [1.165, 1.54) is 22.7 Å². The molecule has 1 aromatic carbocycles. The number of amides is 1. The summed E-state index contributed by atoms with van der Waals surface area (Å²) >= 11 is 1.49. The molecule has 1 aliphatic rings. The molecule has 5 rings (SSSR count). The van der Waals surface area contributed by atoms with Crippen molar-refractivity contribution in [3.63, 3.8) is 0 Å². The standard InChI is InChI=1S/C23H20N4OS/c1-29-22-17(8-6-13-25-22)23(28)27-14-11-16-15-7-2-3-9-18(15)26-20(16)21(27)19-10-4-5-12-24-19/h2-10,12-13,21,26H,11,14H2,1H3/t21-/m0/s1. The van der Waals surface area contributed by atoms with Crippen molar-refractivity contribution in [2.75, 3.05) is 12.8 Å². The fourth-order valence-corrected chi connectivity index (χ4v) is 4.72. The molecular weight excluding hydrogens is 380 g/mol. The van der Waals surface area contributed by atoms with Crippen molar-refractivity contribution >= 4 is 28.6 Å². The Morgan fingerprint density at radius 1 is 1.07 bits per heavy atom. The zero-order valence-electron chi connectivity index (χ0n) is 16.0. The lowest BCUT2D eigenvalue weighted by molar-refractivity contribution is 0.0684. The first-order valence-electron chi connectivity index (χ1n) is 9.58. The SMILES string of the molecule is CSc1ncccc1C(=O)N1CCc2c([nH]c3ccccc23)[C@@H]1c1ccccn1. The van der Waals surface area contributed by atoms with Crippen LogP contribution in [-0.2, 0) is 6.42 Å². The van der Waals surface area contributed by atoms with Crippen molar-refractivity contribution in [3.8, 4) is 0 Å². The maximum absolute atomic E-state index is 13.6. The van der Waals surface area contributed by atoms with Crippen LogP contribution in [0.25, 0.3) is 10.9 Å². The van der Waals surface area contributed by atoms with Gasteiger partial charge in [0, 0.05) is 35.5 Å². The van der Waals surface area contributed by atoms with Gasteiger partial charge in [0.1, 0.15) is 11.1 Å². The molecule has 1 aliphatic heterocycles. The third-order valence-electron chi connectivity index (χ3n) is 5.46. The fraction of sp³-hybridized carbons (Fsp3) is 0.174. The van der Waals surface area contributed by atoms with Crippen LogP contribution < -0.4 is 0 Å². The molecule has 0 aliphatic carbocycles. The number of hydrogen-bond donors (Lipinski definition) is 1. The first-order chi connectivity index (χ1) is 14.3. The first kappa shape index (κ1) is 17.9. The highest BCUT2D eigenvalue weighted by Gasteiger charge is 2.36. The number of thioether (sulfide) groups is 1. The molecule has 0 fully saturated rings. The molecule has 0 radical (unpaired) electrons. The van der Waals surface area contributed by atoms with Gasteiger partial charge in [-0.15, -0.1) is 11.8 Å². The number of pyridine rings is 2. The van der Waals surface area contributed by atoms with E-state index in [1.54, 1.807) is 12.4 Å². The summed E-state index contributed by atoms with van der Waals surface area (Å²) in [5, 5.41) is 1.97. The minimum Gasteiger partial charge on any atom is -0.356 e. The zero-order chi connectivity index (χ0) is 19.8. The Kier molecular flexibility index (Phi) is 4.56. The number of carbonyl (C=O) groups excluding carboxylic acids is 1. The Bertz CT molecular complexity index is 1190. The molecule has 3 aromatic heterocycles. The first-order valence-corrected chi connectivity index (χ1v) is 10.8. The number of H-pyrrole nitrogens is 1. The van der Waals surface area contributed by atoms with Gasteiger partial charge in [-0.3, -0.25) is 9.78 Å². The average Bonchev–Trinajstić information content (AvgIpc) is 3.17. The molecule has 144 valence electrons. The minimum atomic E-state index is -0.255. The monoisotopic (exact) mass is 400 g/mol. The maximum Gasteiger partial charge on any atom is 0.257 e. The Hall–Kier alpha value is -3.12. The van der Waals surface area contributed by atoms with Gasteiger partial charge in [-0.2, -0.15) is 0 Å². The lowest BCUT2D eigenvalue weighted by atomic mass is 9.94. The van der Waals surface area contributed by atoms with Gasteiger partial charge in [-0.1, -0.05) is 24.3 Å². The second kappa shape index (κ2) is 7.37. The van der Waals surface area contributed by atoms with Crippen molar-refractivity contribution in [3.05, 3.63) is 89.5 Å². The predicted octanol–water partition coefficient (Wildman–Crippen LogP) is 4.47. The summed E-state index contributed by atoms with van der Waals surface area (Å²) in [5.74, 6) is -0.0117. The van der Waals surface area contributed by atoms with Crippen molar-refractivity contribution in [1.82, 2.24) is 19.9 Å². The molecule has 4 aromatic rings. The van der Waals surface area contributed by atoms with Crippen LogP contribution in [-0.4, -0.2) is 38.6 Å². The van der Waals surface area contributed by atoms with Crippen LogP contribution in [0.3, 0.4) is 0 Å². The van der Waals surface area contributed by atoms with E-state index in [1.807, 2.05) is 47.6 Å². The van der Waals surface area contributed by atoms with Crippen molar-refractivity contribution in [2.45, 2.75) is 17.5 Å². The lowest BCUT2D eigenvalue weighted by Crippen LogP contribution is -2.41. The van der Waals surface area contributed by atoms with Gasteiger partial charge in [0.05, 0.1) is 11.3 Å². The topological polar surface area (TPSA) is 61.9 Å². The quantitative estimate of drug-likeness (QED) is 0.516. The van der Waals surface area contributed by atoms with E-state index in [4.69, 9.17) is 0 Å². The summed E-state index contributed by atoms with van der Waals surface area (Å²) < 4.78 is 0. The number of aromatic nitrogens is 3. The molecular formula is C23H20N4OS. The maximum atomic E-state index is 13.6. The number of nitrogens with one attached hydrogen (secondary N) is 1. The van der Waals surface area contributed by atoms with Crippen LogP contribution in [0.2, 0.25) is 0 Å². The van der Waals surface area contributed by atoms with Gasteiger partial charge in [-0.05, 0) is 48.6 Å². The zero-order valence-corrected chi connectivity index (χ0v) is 16.8. The van der Waals surface area contributed by atoms with Gasteiger partial charge in [0.15, 0.2) is 0 Å². The molecule has 1 atom stereocenters. The molecule has 0 saturated heterocycles. The number of carbonyl (C=O) groups is 1. The van der Waals surface area contributed by atoms with Crippen LogP contribution in [0.4, 0.5) is 0 Å². The van der Waals surface area contributed by atoms with Crippen LogP contribution in [0, 0.1) is 0 Å². The van der Waals surface area contributed by atoms with Crippen LogP contribution in [0.5, 0.6) is 0 Å². The third kappa shape index (κ3) is 3.00. The normalized spacial score (nSPS) is 16.0. The van der Waals surface area contributed by atoms with Gasteiger partial charge < -0.3 is 9.88 Å². The number of para-hydroxylation sites is 1. The number of hydrogen-bond acceptors (Lipinski definition) is 4. The number of fused-ring (bicyclic) bond motifs is 3. The minimum absolute atomic E-state index is 0.0117. The lowest BCUT2D eigenvalue weighted by Gasteiger charge is -2.35. The van der Waals surface area contributed by atoms with Crippen molar-refractivity contribution in [2.24, 2.45) is 0 Å². The molecule has 0 spiro atoms. The van der Waals surface area contributed by atoms with Gasteiger partial charge in [0.2, 0.25) is 0 Å². The van der Waals surface area contributed by atoms with Gasteiger partial charge in [0.25, 0.3) is 5.91 Å². The fourth-order valence-electron chi connectivity index (χ4n) is 4.18. The molecule has 5 nitrogen and oxygen atoms in total. The van der Waals surface area contributed by atoms with E-state index in [0.717, 1.165) is 28.4 Å². The Morgan fingerprint density at radius 2 is 1.90 bits per heavy atom.